The molecule has 0 aliphatic rings. The van der Waals surface area contributed by atoms with E-state index in [-0.39, 0.29) is 11.5 Å². The Morgan fingerprint density at radius 1 is 0.893 bits per heavy atom. The molecule has 0 bridgehead atoms. The van der Waals surface area contributed by atoms with Gasteiger partial charge in [0.25, 0.3) is 5.91 Å². The zero-order valence-electron chi connectivity index (χ0n) is 15.0. The predicted molar refractivity (Wildman–Crippen MR) is 109 cm³/mol. The highest BCUT2D eigenvalue weighted by Gasteiger charge is 2.06. The molecule has 0 spiro atoms. The third-order valence-electron chi connectivity index (χ3n) is 4.40. The van der Waals surface area contributed by atoms with Crippen LogP contribution in [0.25, 0.3) is 10.8 Å². The second kappa shape index (κ2) is 7.80. The van der Waals surface area contributed by atoms with E-state index in [9.17, 15) is 9.59 Å². The predicted octanol–water partition coefficient (Wildman–Crippen LogP) is 4.25. The number of hydrogen-bond donors (Lipinski definition) is 2. The highest BCUT2D eigenvalue weighted by Crippen LogP contribution is 2.29. The molecule has 1 amide bonds. The first-order valence-electron chi connectivity index (χ1n) is 8.90. The van der Waals surface area contributed by atoms with Gasteiger partial charge in [-0.05, 0) is 35.2 Å². The third-order valence-corrected chi connectivity index (χ3v) is 4.40. The van der Waals surface area contributed by atoms with Crippen molar-refractivity contribution in [3.8, 4) is 11.5 Å². The van der Waals surface area contributed by atoms with Crippen molar-refractivity contribution < 1.29 is 9.53 Å². The van der Waals surface area contributed by atoms with Crippen LogP contribution in [0.3, 0.4) is 0 Å². The van der Waals surface area contributed by atoms with Crippen LogP contribution >= 0.6 is 0 Å². The maximum atomic E-state index is 12.1. The highest BCUT2D eigenvalue weighted by molar-refractivity contribution is 5.93. The van der Waals surface area contributed by atoms with E-state index in [1.165, 1.54) is 18.3 Å². The first-order chi connectivity index (χ1) is 13.7. The van der Waals surface area contributed by atoms with Crippen molar-refractivity contribution in [1.29, 1.82) is 0 Å². The second-order valence-corrected chi connectivity index (χ2v) is 6.35. The Balaban J connectivity index is 1.41. The SMILES string of the molecule is O=C(NCc1ccc(Oc2cccc3ccccc23)cc1)c1ccc(=O)[nH]c1. The molecule has 0 saturated carbocycles. The summed E-state index contributed by atoms with van der Waals surface area (Å²) in [5, 5.41) is 5.01. The lowest BCUT2D eigenvalue weighted by molar-refractivity contribution is 0.0950. The maximum Gasteiger partial charge on any atom is 0.253 e. The van der Waals surface area contributed by atoms with Gasteiger partial charge in [-0.1, -0.05) is 48.5 Å². The number of H-pyrrole nitrogens is 1. The van der Waals surface area contributed by atoms with Gasteiger partial charge in [-0.3, -0.25) is 9.59 Å². The minimum Gasteiger partial charge on any atom is -0.457 e. The zero-order valence-corrected chi connectivity index (χ0v) is 15.0. The third kappa shape index (κ3) is 3.94. The standard InChI is InChI=1S/C23H18N2O3/c26-22-13-10-18(15-24-22)23(27)25-14-16-8-11-19(12-9-16)28-21-7-3-5-17-4-1-2-6-20(17)21/h1-13,15H,14H2,(H,24,26)(H,25,27). The summed E-state index contributed by atoms with van der Waals surface area (Å²) in [5.74, 6) is 1.29. The van der Waals surface area contributed by atoms with Gasteiger partial charge in [0.1, 0.15) is 11.5 Å². The lowest BCUT2D eigenvalue weighted by Crippen LogP contribution is -2.23. The normalized spacial score (nSPS) is 10.6. The number of hydrogen-bond acceptors (Lipinski definition) is 3. The molecule has 5 heteroatoms. The molecule has 0 saturated heterocycles. The van der Waals surface area contributed by atoms with Crippen LogP contribution < -0.4 is 15.6 Å². The number of aromatic amines is 1. The Hall–Kier alpha value is -3.86. The number of carbonyl (C=O) groups excluding carboxylic acids is 1. The van der Waals surface area contributed by atoms with Crippen LogP contribution in [0.1, 0.15) is 15.9 Å². The molecule has 4 aromatic rings. The van der Waals surface area contributed by atoms with Gasteiger partial charge in [0.15, 0.2) is 0 Å². The summed E-state index contributed by atoms with van der Waals surface area (Å²) < 4.78 is 6.03. The summed E-state index contributed by atoms with van der Waals surface area (Å²) in [6.07, 6.45) is 1.40. The molecule has 5 nitrogen and oxygen atoms in total. The average molecular weight is 370 g/mol. The number of pyridine rings is 1. The topological polar surface area (TPSA) is 71.2 Å². The highest BCUT2D eigenvalue weighted by atomic mass is 16.5. The average Bonchev–Trinajstić information content (AvgIpc) is 2.74. The van der Waals surface area contributed by atoms with Gasteiger partial charge in [-0.15, -0.1) is 0 Å². The van der Waals surface area contributed by atoms with Crippen LogP contribution in [0.2, 0.25) is 0 Å². The number of amides is 1. The molecule has 28 heavy (non-hydrogen) atoms. The molecule has 3 aromatic carbocycles. The monoisotopic (exact) mass is 370 g/mol. The van der Waals surface area contributed by atoms with E-state index in [4.69, 9.17) is 4.74 Å². The van der Waals surface area contributed by atoms with Crippen molar-refractivity contribution in [2.75, 3.05) is 0 Å². The van der Waals surface area contributed by atoms with Crippen molar-refractivity contribution in [2.45, 2.75) is 6.54 Å². The van der Waals surface area contributed by atoms with Gasteiger partial charge in [-0.25, -0.2) is 0 Å². The fourth-order valence-electron chi connectivity index (χ4n) is 2.92. The summed E-state index contributed by atoms with van der Waals surface area (Å²) in [7, 11) is 0. The Labute approximate surface area is 161 Å². The van der Waals surface area contributed by atoms with E-state index in [1.807, 2.05) is 54.6 Å². The van der Waals surface area contributed by atoms with E-state index in [0.717, 1.165) is 27.8 Å². The van der Waals surface area contributed by atoms with Crippen molar-refractivity contribution in [2.24, 2.45) is 0 Å². The first kappa shape index (κ1) is 17.5. The van der Waals surface area contributed by atoms with Gasteiger partial charge >= 0.3 is 0 Å². The first-order valence-corrected chi connectivity index (χ1v) is 8.90. The molecule has 0 radical (unpaired) electrons. The minimum absolute atomic E-state index is 0.238. The summed E-state index contributed by atoms with van der Waals surface area (Å²) in [4.78, 5) is 25.7. The quantitative estimate of drug-likeness (QED) is 0.552. The molecule has 4 rings (SSSR count). The molecule has 0 aliphatic carbocycles. The van der Waals surface area contributed by atoms with E-state index >= 15 is 0 Å². The zero-order chi connectivity index (χ0) is 19.3. The number of nitrogens with one attached hydrogen (secondary N) is 2. The van der Waals surface area contributed by atoms with E-state index < -0.39 is 0 Å². The maximum absolute atomic E-state index is 12.1. The van der Waals surface area contributed by atoms with Crippen LogP contribution in [0.4, 0.5) is 0 Å². The van der Waals surface area contributed by atoms with Gasteiger partial charge in [0.2, 0.25) is 5.56 Å². The Morgan fingerprint density at radius 3 is 2.46 bits per heavy atom. The van der Waals surface area contributed by atoms with Crippen LogP contribution in [-0.4, -0.2) is 10.9 Å². The summed E-state index contributed by atoms with van der Waals surface area (Å²) in [5.41, 5.74) is 1.12. The Kier molecular flexibility index (Phi) is 4.89. The number of fused-ring (bicyclic) bond motifs is 1. The van der Waals surface area contributed by atoms with Crippen molar-refractivity contribution in [1.82, 2.24) is 10.3 Å². The lowest BCUT2D eigenvalue weighted by Gasteiger charge is -2.10. The van der Waals surface area contributed by atoms with Gasteiger partial charge in [-0.2, -0.15) is 0 Å². The van der Waals surface area contributed by atoms with Gasteiger partial charge in [0, 0.05) is 24.2 Å². The molecule has 2 N–H and O–H groups in total. The molecular formula is C23H18N2O3. The molecule has 1 heterocycles. The molecule has 1 aromatic heterocycles. The van der Waals surface area contributed by atoms with E-state index in [1.54, 1.807) is 0 Å². The van der Waals surface area contributed by atoms with E-state index in [0.29, 0.717) is 12.1 Å². The number of rotatable bonds is 5. The van der Waals surface area contributed by atoms with Crippen molar-refractivity contribution in [3.05, 3.63) is 107 Å². The molecule has 0 atom stereocenters. The van der Waals surface area contributed by atoms with Crippen LogP contribution in [0.15, 0.2) is 89.9 Å². The molecule has 0 aliphatic heterocycles. The molecule has 138 valence electrons. The lowest BCUT2D eigenvalue weighted by atomic mass is 10.1. The largest absolute Gasteiger partial charge is 0.457 e. The smallest absolute Gasteiger partial charge is 0.253 e. The number of aromatic nitrogens is 1. The van der Waals surface area contributed by atoms with Crippen molar-refractivity contribution >= 4 is 16.7 Å². The van der Waals surface area contributed by atoms with Crippen LogP contribution in [0, 0.1) is 0 Å². The summed E-state index contributed by atoms with van der Waals surface area (Å²) >= 11 is 0. The van der Waals surface area contributed by atoms with Crippen LogP contribution in [-0.2, 0) is 6.54 Å². The number of carbonyl (C=O) groups is 1. The number of benzene rings is 3. The fraction of sp³-hybridized carbons (Fsp3) is 0.0435. The Bertz CT molecular complexity index is 1150. The van der Waals surface area contributed by atoms with Gasteiger partial charge in [0.05, 0.1) is 5.56 Å². The van der Waals surface area contributed by atoms with Crippen molar-refractivity contribution in [3.63, 3.8) is 0 Å². The van der Waals surface area contributed by atoms with E-state index in [2.05, 4.69) is 22.4 Å². The molecular weight excluding hydrogens is 352 g/mol. The minimum atomic E-state index is -0.243. The second-order valence-electron chi connectivity index (χ2n) is 6.35. The van der Waals surface area contributed by atoms with Crippen LogP contribution in [0.5, 0.6) is 11.5 Å². The summed E-state index contributed by atoms with van der Waals surface area (Å²) in [6, 6.07) is 24.4. The molecule has 0 unspecified atom stereocenters. The Morgan fingerprint density at radius 2 is 1.68 bits per heavy atom. The fourth-order valence-corrected chi connectivity index (χ4v) is 2.92. The number of ether oxygens (including phenoxy) is 1. The summed E-state index contributed by atoms with van der Waals surface area (Å²) in [6.45, 7) is 0.381. The van der Waals surface area contributed by atoms with Gasteiger partial charge < -0.3 is 15.0 Å². The molecule has 0 fully saturated rings.